The van der Waals surface area contributed by atoms with Crippen molar-refractivity contribution in [3.05, 3.63) is 41.2 Å². The molecule has 0 spiro atoms. The van der Waals surface area contributed by atoms with Crippen molar-refractivity contribution in [2.75, 3.05) is 5.32 Å². The fourth-order valence-corrected chi connectivity index (χ4v) is 2.27. The minimum absolute atomic E-state index is 0.113. The lowest BCUT2D eigenvalue weighted by atomic mass is 10.0. The van der Waals surface area contributed by atoms with Gasteiger partial charge in [-0.2, -0.15) is 0 Å². The van der Waals surface area contributed by atoms with Gasteiger partial charge in [-0.1, -0.05) is 11.6 Å². The van der Waals surface area contributed by atoms with Crippen LogP contribution in [0.4, 0.5) is 10.1 Å². The smallest absolute Gasteiger partial charge is 0.123 e. The average Bonchev–Trinajstić information content (AvgIpc) is 2.34. The highest BCUT2D eigenvalue weighted by Crippen LogP contribution is 2.25. The summed E-state index contributed by atoms with van der Waals surface area (Å²) >= 11 is 0. The number of rotatable bonds is 1. The van der Waals surface area contributed by atoms with E-state index >= 15 is 0 Å². The Morgan fingerprint density at radius 1 is 1.47 bits per heavy atom. The van der Waals surface area contributed by atoms with Crippen molar-refractivity contribution < 1.29 is 9.50 Å². The maximum Gasteiger partial charge on any atom is 0.123 e. The van der Waals surface area contributed by atoms with Gasteiger partial charge in [-0.05, 0) is 44.0 Å². The molecule has 0 saturated carbocycles. The molecule has 2 N–H and O–H groups in total. The number of allylic oxidation sites excluding steroid dienone is 1. The first-order chi connectivity index (χ1) is 8.04. The third-order valence-corrected chi connectivity index (χ3v) is 2.92. The molecule has 92 valence electrons. The summed E-state index contributed by atoms with van der Waals surface area (Å²) in [5.41, 5.74) is 2.98. The normalized spacial score (nSPS) is 23.3. The van der Waals surface area contributed by atoms with Crippen LogP contribution in [0.1, 0.15) is 25.8 Å². The molecule has 1 aromatic rings. The highest BCUT2D eigenvalue weighted by molar-refractivity contribution is 5.54. The SMILES string of the molecule is CC(C)=C[C@H]1C[C@H](O)Cc2cc(F)ccc2N1. The Kier molecular flexibility index (Phi) is 3.48. The number of aliphatic hydroxyl groups excluding tert-OH is 1. The summed E-state index contributed by atoms with van der Waals surface area (Å²) in [5, 5.41) is 13.3. The lowest BCUT2D eigenvalue weighted by Crippen LogP contribution is -2.21. The van der Waals surface area contributed by atoms with Crippen LogP contribution < -0.4 is 5.32 Å². The van der Waals surface area contributed by atoms with Gasteiger partial charge in [0.15, 0.2) is 0 Å². The quantitative estimate of drug-likeness (QED) is 0.734. The molecule has 0 aromatic heterocycles. The van der Waals surface area contributed by atoms with Gasteiger partial charge in [0, 0.05) is 18.2 Å². The molecule has 0 aliphatic carbocycles. The minimum atomic E-state index is -0.425. The summed E-state index contributed by atoms with van der Waals surface area (Å²) in [6, 6.07) is 4.80. The van der Waals surface area contributed by atoms with Crippen LogP contribution in [0.2, 0.25) is 0 Å². The predicted molar refractivity (Wildman–Crippen MR) is 67.6 cm³/mol. The van der Waals surface area contributed by atoms with E-state index in [1.165, 1.54) is 17.7 Å². The third-order valence-electron chi connectivity index (χ3n) is 2.92. The molecule has 0 radical (unpaired) electrons. The van der Waals surface area contributed by atoms with Gasteiger partial charge in [0.05, 0.1) is 6.10 Å². The summed E-state index contributed by atoms with van der Waals surface area (Å²) < 4.78 is 13.1. The molecule has 1 heterocycles. The van der Waals surface area contributed by atoms with Crippen molar-refractivity contribution in [1.82, 2.24) is 0 Å². The van der Waals surface area contributed by atoms with Crippen LogP contribution in [0, 0.1) is 5.82 Å². The molecule has 3 heteroatoms. The summed E-state index contributed by atoms with van der Waals surface area (Å²) in [7, 11) is 0. The second kappa shape index (κ2) is 4.88. The third kappa shape index (κ3) is 3.07. The van der Waals surface area contributed by atoms with E-state index in [9.17, 15) is 9.50 Å². The molecular weight excluding hydrogens is 217 g/mol. The number of halogens is 1. The summed E-state index contributed by atoms with van der Waals surface area (Å²) in [6.45, 7) is 4.06. The largest absolute Gasteiger partial charge is 0.393 e. The zero-order chi connectivity index (χ0) is 12.4. The maximum absolute atomic E-state index is 13.1. The predicted octanol–water partition coefficient (Wildman–Crippen LogP) is 2.88. The first-order valence-electron chi connectivity index (χ1n) is 5.92. The summed E-state index contributed by atoms with van der Waals surface area (Å²) in [6.07, 6.45) is 2.84. The van der Waals surface area contributed by atoms with Crippen molar-refractivity contribution in [3.63, 3.8) is 0 Å². The molecule has 0 unspecified atom stereocenters. The van der Waals surface area contributed by atoms with Crippen molar-refractivity contribution >= 4 is 5.69 Å². The molecular formula is C14H18FNO. The van der Waals surface area contributed by atoms with Gasteiger partial charge >= 0.3 is 0 Å². The van der Waals surface area contributed by atoms with Crippen LogP contribution in [-0.4, -0.2) is 17.3 Å². The van der Waals surface area contributed by atoms with Gasteiger partial charge in [-0.15, -0.1) is 0 Å². The van der Waals surface area contributed by atoms with Gasteiger partial charge in [0.25, 0.3) is 0 Å². The molecule has 1 aliphatic heterocycles. The van der Waals surface area contributed by atoms with Crippen LogP contribution in [0.25, 0.3) is 0 Å². The second-order valence-corrected chi connectivity index (χ2v) is 4.89. The topological polar surface area (TPSA) is 32.3 Å². The Balaban J connectivity index is 2.30. The second-order valence-electron chi connectivity index (χ2n) is 4.89. The highest BCUT2D eigenvalue weighted by Gasteiger charge is 2.20. The molecule has 2 rings (SSSR count). The first-order valence-corrected chi connectivity index (χ1v) is 5.92. The average molecular weight is 235 g/mol. The number of aliphatic hydroxyl groups is 1. The molecule has 2 atom stereocenters. The number of anilines is 1. The number of hydrogen-bond donors (Lipinski definition) is 2. The van der Waals surface area contributed by atoms with E-state index in [4.69, 9.17) is 0 Å². The van der Waals surface area contributed by atoms with Gasteiger partial charge in [0.1, 0.15) is 5.82 Å². The number of hydrogen-bond acceptors (Lipinski definition) is 2. The Morgan fingerprint density at radius 2 is 2.24 bits per heavy atom. The van der Waals surface area contributed by atoms with Crippen molar-refractivity contribution in [2.45, 2.75) is 38.8 Å². The van der Waals surface area contributed by atoms with Crippen molar-refractivity contribution in [1.29, 1.82) is 0 Å². The first kappa shape index (κ1) is 12.1. The minimum Gasteiger partial charge on any atom is -0.393 e. The van der Waals surface area contributed by atoms with E-state index in [-0.39, 0.29) is 11.9 Å². The lowest BCUT2D eigenvalue weighted by molar-refractivity contribution is 0.165. The van der Waals surface area contributed by atoms with Gasteiger partial charge in [-0.3, -0.25) is 0 Å². The molecule has 2 nitrogen and oxygen atoms in total. The molecule has 0 saturated heterocycles. The van der Waals surface area contributed by atoms with E-state index in [1.54, 1.807) is 6.07 Å². The number of nitrogens with one attached hydrogen (secondary N) is 1. The standard InChI is InChI=1S/C14H18FNO/c1-9(2)5-12-8-13(17)7-10-6-11(15)3-4-14(10)16-12/h3-6,12-13,16-17H,7-8H2,1-2H3/t12-,13+/m0/s1. The van der Waals surface area contributed by atoms with Crippen molar-refractivity contribution in [3.8, 4) is 0 Å². The highest BCUT2D eigenvalue weighted by atomic mass is 19.1. The van der Waals surface area contributed by atoms with Crippen LogP contribution in [0.15, 0.2) is 29.8 Å². The fourth-order valence-electron chi connectivity index (χ4n) is 2.27. The molecule has 1 aromatic carbocycles. The van der Waals surface area contributed by atoms with Crippen LogP contribution >= 0.6 is 0 Å². The monoisotopic (exact) mass is 235 g/mol. The van der Waals surface area contributed by atoms with Gasteiger partial charge in [-0.25, -0.2) is 4.39 Å². The van der Waals surface area contributed by atoms with Crippen LogP contribution in [-0.2, 0) is 6.42 Å². The Hall–Kier alpha value is -1.35. The Morgan fingerprint density at radius 3 is 2.94 bits per heavy atom. The van der Waals surface area contributed by atoms with Crippen LogP contribution in [0.3, 0.4) is 0 Å². The summed E-state index contributed by atoms with van der Waals surface area (Å²) in [5.74, 6) is -0.251. The Bertz CT molecular complexity index is 438. The number of benzene rings is 1. The van der Waals surface area contributed by atoms with E-state index in [1.807, 2.05) is 13.8 Å². The molecule has 1 aliphatic rings. The maximum atomic E-state index is 13.1. The summed E-state index contributed by atoms with van der Waals surface area (Å²) in [4.78, 5) is 0. The van der Waals surface area contributed by atoms with E-state index in [2.05, 4.69) is 11.4 Å². The van der Waals surface area contributed by atoms with E-state index in [0.29, 0.717) is 12.8 Å². The lowest BCUT2D eigenvalue weighted by Gasteiger charge is -2.16. The van der Waals surface area contributed by atoms with E-state index in [0.717, 1.165) is 11.3 Å². The van der Waals surface area contributed by atoms with Gasteiger partial charge in [0.2, 0.25) is 0 Å². The number of fused-ring (bicyclic) bond motifs is 1. The molecule has 0 amide bonds. The Labute approximate surface area is 101 Å². The molecule has 0 bridgehead atoms. The fraction of sp³-hybridized carbons (Fsp3) is 0.429. The van der Waals surface area contributed by atoms with Crippen LogP contribution in [0.5, 0.6) is 0 Å². The van der Waals surface area contributed by atoms with Gasteiger partial charge < -0.3 is 10.4 Å². The van der Waals surface area contributed by atoms with E-state index < -0.39 is 6.10 Å². The molecule has 17 heavy (non-hydrogen) atoms. The molecule has 0 fully saturated rings. The van der Waals surface area contributed by atoms with Crippen molar-refractivity contribution in [2.24, 2.45) is 0 Å². The zero-order valence-corrected chi connectivity index (χ0v) is 10.2. The zero-order valence-electron chi connectivity index (χ0n) is 10.2.